The zero-order chi connectivity index (χ0) is 29.7. The Morgan fingerprint density at radius 2 is 1.60 bits per heavy atom. The normalized spacial score (nSPS) is 12.8. The van der Waals surface area contributed by atoms with Gasteiger partial charge in [-0.15, -0.1) is 0 Å². The Kier molecular flexibility index (Phi) is 9.78. The summed E-state index contributed by atoms with van der Waals surface area (Å²) in [4.78, 5) is 22.7. The summed E-state index contributed by atoms with van der Waals surface area (Å²) in [6, 6.07) is 13.5. The van der Waals surface area contributed by atoms with Crippen LogP contribution in [0.5, 0.6) is 5.75 Å². The van der Waals surface area contributed by atoms with Crippen molar-refractivity contribution in [2.24, 2.45) is 11.0 Å². The predicted octanol–water partition coefficient (Wildman–Crippen LogP) is 3.89. The molecule has 3 aromatic rings. The lowest BCUT2D eigenvalue weighted by Crippen LogP contribution is -2.48. The summed E-state index contributed by atoms with van der Waals surface area (Å²) in [6.45, 7) is 5.14. The van der Waals surface area contributed by atoms with E-state index in [4.69, 9.17) is 4.18 Å². The van der Waals surface area contributed by atoms with Gasteiger partial charge < -0.3 is 4.18 Å². The van der Waals surface area contributed by atoms with E-state index in [2.05, 4.69) is 31.2 Å². The number of aryl methyl sites for hydroxylation is 1. The lowest BCUT2D eigenvalue weighted by molar-refractivity contribution is -0.384. The summed E-state index contributed by atoms with van der Waals surface area (Å²) < 4.78 is 59.3. The molecule has 0 saturated heterocycles. The summed E-state index contributed by atoms with van der Waals surface area (Å²) in [5.74, 6) is -1.31. The van der Waals surface area contributed by atoms with Crippen molar-refractivity contribution < 1.29 is 30.7 Å². The smallest absolute Gasteiger partial charge is 0.339 e. The number of hydrazone groups is 1. The van der Waals surface area contributed by atoms with Crippen molar-refractivity contribution in [3.05, 3.63) is 92.4 Å². The van der Waals surface area contributed by atoms with E-state index in [1.165, 1.54) is 30.3 Å². The molecule has 1 amide bonds. The number of benzene rings is 3. The van der Waals surface area contributed by atoms with Crippen LogP contribution >= 0.6 is 15.9 Å². The Labute approximate surface area is 239 Å². The Hall–Kier alpha value is -3.66. The van der Waals surface area contributed by atoms with Gasteiger partial charge in [0.1, 0.15) is 10.9 Å². The lowest BCUT2D eigenvalue weighted by atomic mass is 10.1. The van der Waals surface area contributed by atoms with Gasteiger partial charge in [0.15, 0.2) is 5.75 Å². The van der Waals surface area contributed by atoms with Crippen LogP contribution in [-0.2, 0) is 24.9 Å². The third-order valence-corrected chi connectivity index (χ3v) is 8.65. The summed E-state index contributed by atoms with van der Waals surface area (Å²) >= 11 is 3.27. The van der Waals surface area contributed by atoms with Crippen molar-refractivity contribution in [1.29, 1.82) is 0 Å². The summed E-state index contributed by atoms with van der Waals surface area (Å²) in [7, 11) is -8.37. The summed E-state index contributed by atoms with van der Waals surface area (Å²) in [5, 5.41) is 14.7. The van der Waals surface area contributed by atoms with E-state index in [1.54, 1.807) is 26.0 Å². The van der Waals surface area contributed by atoms with Gasteiger partial charge in [-0.1, -0.05) is 47.5 Å². The van der Waals surface area contributed by atoms with Gasteiger partial charge in [0.05, 0.1) is 16.0 Å². The summed E-state index contributed by atoms with van der Waals surface area (Å²) in [6.07, 6.45) is 1.13. The Balaban J connectivity index is 1.78. The Morgan fingerprint density at radius 3 is 2.17 bits per heavy atom. The number of nitro groups is 1. The number of nitro benzene ring substituents is 1. The second-order valence-electron chi connectivity index (χ2n) is 8.86. The molecule has 0 unspecified atom stereocenters. The molecule has 3 aromatic carbocycles. The molecule has 212 valence electrons. The molecule has 0 heterocycles. The fraction of sp³-hybridized carbons (Fsp3) is 0.200. The quantitative estimate of drug-likeness (QED) is 0.136. The van der Waals surface area contributed by atoms with Crippen LogP contribution in [0.2, 0.25) is 0 Å². The number of sulfonamides is 1. The van der Waals surface area contributed by atoms with Crippen molar-refractivity contribution in [2.75, 3.05) is 0 Å². The highest BCUT2D eigenvalue weighted by Crippen LogP contribution is 2.26. The van der Waals surface area contributed by atoms with Gasteiger partial charge in [-0.2, -0.15) is 18.2 Å². The van der Waals surface area contributed by atoms with Crippen molar-refractivity contribution in [1.82, 2.24) is 10.1 Å². The zero-order valence-electron chi connectivity index (χ0n) is 21.4. The first kappa shape index (κ1) is 30.9. The second-order valence-corrected chi connectivity index (χ2v) is 13.0. The SMILES string of the molecule is Cc1ccc(S(=O)(=O)N[C@@H](C(=O)N/N=C\c2cc(Br)ccc2OS(=O)(=O)c2ccc([N+](=O)[O-])cc2)C(C)C)cc1. The highest BCUT2D eigenvalue weighted by molar-refractivity contribution is 9.10. The number of halogens is 1. The van der Waals surface area contributed by atoms with Gasteiger partial charge in [0.2, 0.25) is 10.0 Å². The van der Waals surface area contributed by atoms with Crippen molar-refractivity contribution in [3.8, 4) is 5.75 Å². The van der Waals surface area contributed by atoms with Crippen LogP contribution in [-0.4, -0.2) is 39.9 Å². The highest BCUT2D eigenvalue weighted by atomic mass is 79.9. The number of amides is 1. The molecule has 0 radical (unpaired) electrons. The fourth-order valence-electron chi connectivity index (χ4n) is 3.28. The summed E-state index contributed by atoms with van der Waals surface area (Å²) in [5.41, 5.74) is 3.02. The molecule has 0 spiro atoms. The molecule has 40 heavy (non-hydrogen) atoms. The molecule has 0 aliphatic heterocycles. The molecular formula is C25H25BrN4O8S2. The first-order chi connectivity index (χ1) is 18.7. The van der Waals surface area contributed by atoms with Gasteiger partial charge in [0.25, 0.3) is 11.6 Å². The van der Waals surface area contributed by atoms with E-state index in [0.717, 1.165) is 36.0 Å². The zero-order valence-corrected chi connectivity index (χ0v) is 24.7. The number of rotatable bonds is 11. The third-order valence-electron chi connectivity index (χ3n) is 5.45. The van der Waals surface area contributed by atoms with E-state index in [-0.39, 0.29) is 26.8 Å². The van der Waals surface area contributed by atoms with Crippen LogP contribution in [0.4, 0.5) is 5.69 Å². The van der Waals surface area contributed by atoms with Crippen molar-refractivity contribution >= 4 is 53.9 Å². The van der Waals surface area contributed by atoms with E-state index >= 15 is 0 Å². The third kappa shape index (κ3) is 7.94. The first-order valence-corrected chi connectivity index (χ1v) is 15.3. The van der Waals surface area contributed by atoms with Crippen LogP contribution in [0.3, 0.4) is 0 Å². The number of carbonyl (C=O) groups is 1. The second kappa shape index (κ2) is 12.7. The molecule has 12 nitrogen and oxygen atoms in total. The van der Waals surface area contributed by atoms with Gasteiger partial charge in [-0.25, -0.2) is 13.8 Å². The topological polar surface area (TPSA) is 174 Å². The average molecular weight is 654 g/mol. The molecule has 0 aliphatic rings. The molecule has 0 fully saturated rings. The number of hydrogen-bond acceptors (Lipinski definition) is 9. The molecule has 0 aromatic heterocycles. The monoisotopic (exact) mass is 652 g/mol. The number of hydrogen-bond donors (Lipinski definition) is 2. The van der Waals surface area contributed by atoms with Crippen LogP contribution in [0, 0.1) is 23.0 Å². The molecule has 0 saturated carbocycles. The van der Waals surface area contributed by atoms with Crippen molar-refractivity contribution in [3.63, 3.8) is 0 Å². The van der Waals surface area contributed by atoms with Crippen LogP contribution < -0.4 is 14.3 Å². The number of nitrogens with zero attached hydrogens (tertiary/aromatic N) is 2. The van der Waals surface area contributed by atoms with E-state index in [9.17, 15) is 31.7 Å². The lowest BCUT2D eigenvalue weighted by Gasteiger charge is -2.20. The molecule has 0 aliphatic carbocycles. The fourth-order valence-corrected chi connectivity index (χ4v) is 5.95. The van der Waals surface area contributed by atoms with Gasteiger partial charge in [0, 0.05) is 22.2 Å². The number of carbonyl (C=O) groups excluding carboxylic acids is 1. The van der Waals surface area contributed by atoms with Crippen molar-refractivity contribution in [2.45, 2.75) is 36.6 Å². The van der Waals surface area contributed by atoms with E-state index < -0.39 is 42.9 Å². The number of non-ortho nitro benzene ring substituents is 1. The highest BCUT2D eigenvalue weighted by Gasteiger charge is 2.28. The van der Waals surface area contributed by atoms with E-state index in [1.807, 2.05) is 6.92 Å². The van der Waals surface area contributed by atoms with Gasteiger partial charge in [-0.3, -0.25) is 14.9 Å². The number of nitrogens with one attached hydrogen (secondary N) is 2. The van der Waals surface area contributed by atoms with Crippen LogP contribution in [0.1, 0.15) is 25.0 Å². The average Bonchev–Trinajstić information content (AvgIpc) is 2.88. The molecule has 2 N–H and O–H groups in total. The largest absolute Gasteiger partial charge is 0.378 e. The molecule has 0 bridgehead atoms. The molecule has 15 heteroatoms. The first-order valence-electron chi connectivity index (χ1n) is 11.6. The molecule has 3 rings (SSSR count). The maximum absolute atomic E-state index is 12.8. The van der Waals surface area contributed by atoms with E-state index in [0.29, 0.717) is 4.47 Å². The minimum atomic E-state index is -4.37. The minimum Gasteiger partial charge on any atom is -0.378 e. The van der Waals surface area contributed by atoms with Crippen LogP contribution in [0.25, 0.3) is 0 Å². The maximum Gasteiger partial charge on any atom is 0.339 e. The maximum atomic E-state index is 12.8. The standard InChI is InChI=1S/C25H25BrN4O8S2/c1-16(2)24(29-39(34,35)21-9-4-17(3)5-10-21)25(31)28-27-15-18-14-19(26)6-13-23(18)38-40(36,37)22-11-7-20(8-12-22)30(32)33/h4-16,24,29H,1-3H3,(H,28,31)/b27-15-/t24-/m1/s1. The molecular weight excluding hydrogens is 628 g/mol. The van der Waals surface area contributed by atoms with Gasteiger partial charge in [-0.05, 0) is 55.3 Å². The van der Waals surface area contributed by atoms with Gasteiger partial charge >= 0.3 is 10.1 Å². The Bertz CT molecular complexity index is 1640. The Morgan fingerprint density at radius 1 is 1.00 bits per heavy atom. The minimum absolute atomic E-state index is 0.00482. The molecule has 1 atom stereocenters. The predicted molar refractivity (Wildman–Crippen MR) is 151 cm³/mol. The van der Waals surface area contributed by atoms with Crippen LogP contribution in [0.15, 0.2) is 86.1 Å².